The Morgan fingerprint density at radius 2 is 1.78 bits per heavy atom. The van der Waals surface area contributed by atoms with E-state index in [0.717, 1.165) is 55.2 Å². The molecule has 122 valence electrons. The van der Waals surface area contributed by atoms with Crippen molar-refractivity contribution in [1.82, 2.24) is 14.9 Å². The van der Waals surface area contributed by atoms with E-state index in [2.05, 4.69) is 32.1 Å². The third-order valence-corrected chi connectivity index (χ3v) is 4.29. The van der Waals surface area contributed by atoms with E-state index in [1.54, 1.807) is 0 Å². The van der Waals surface area contributed by atoms with E-state index in [1.807, 2.05) is 37.3 Å². The maximum absolute atomic E-state index is 5.92. The molecule has 0 aliphatic carbocycles. The van der Waals surface area contributed by atoms with Gasteiger partial charge in [0.05, 0.1) is 0 Å². The van der Waals surface area contributed by atoms with Gasteiger partial charge in [-0.2, -0.15) is 0 Å². The number of hydrogen-bond donors (Lipinski definition) is 1. The minimum absolute atomic E-state index is 0.718. The minimum atomic E-state index is 0.718. The Balaban J connectivity index is 1.68. The van der Waals surface area contributed by atoms with Gasteiger partial charge in [-0.3, -0.25) is 0 Å². The van der Waals surface area contributed by atoms with E-state index in [-0.39, 0.29) is 0 Å². The van der Waals surface area contributed by atoms with E-state index in [9.17, 15) is 0 Å². The van der Waals surface area contributed by atoms with Crippen LogP contribution in [0.3, 0.4) is 0 Å². The normalized spacial score (nSPS) is 15.7. The molecule has 0 radical (unpaired) electrons. The number of halogens is 1. The molecule has 1 aliphatic rings. The first-order chi connectivity index (χ1) is 11.1. The number of benzene rings is 1. The fraction of sp³-hybridized carbons (Fsp3) is 0.412. The summed E-state index contributed by atoms with van der Waals surface area (Å²) in [6.07, 6.45) is 0. The second-order valence-electron chi connectivity index (χ2n) is 5.93. The van der Waals surface area contributed by atoms with Crippen molar-refractivity contribution in [2.75, 3.05) is 43.4 Å². The number of aryl methyl sites for hydroxylation is 1. The Bertz CT molecular complexity index is 651. The molecule has 0 unspecified atom stereocenters. The molecule has 1 saturated heterocycles. The number of nitrogens with zero attached hydrogens (tertiary/aromatic N) is 4. The molecule has 1 aliphatic heterocycles. The SMILES string of the molecule is Cc1nc(NCc2ccc(Cl)cc2)cc(N2CCN(C)CC2)n1. The van der Waals surface area contributed by atoms with Crippen LogP contribution < -0.4 is 10.2 Å². The van der Waals surface area contributed by atoms with Crippen LogP contribution in [0, 0.1) is 6.92 Å². The van der Waals surface area contributed by atoms with Crippen molar-refractivity contribution < 1.29 is 0 Å². The summed E-state index contributed by atoms with van der Waals surface area (Å²) in [6.45, 7) is 6.79. The van der Waals surface area contributed by atoms with Crippen LogP contribution in [0.25, 0.3) is 0 Å². The molecular weight excluding hydrogens is 310 g/mol. The number of likely N-dealkylation sites (N-methyl/N-ethyl adjacent to an activating group) is 1. The number of anilines is 2. The molecule has 2 heterocycles. The first-order valence-corrected chi connectivity index (χ1v) is 8.25. The van der Waals surface area contributed by atoms with Crippen molar-refractivity contribution in [3.63, 3.8) is 0 Å². The van der Waals surface area contributed by atoms with Gasteiger partial charge in [0.1, 0.15) is 17.5 Å². The molecule has 0 atom stereocenters. The van der Waals surface area contributed by atoms with Crippen LogP contribution in [0.4, 0.5) is 11.6 Å². The van der Waals surface area contributed by atoms with Gasteiger partial charge >= 0.3 is 0 Å². The standard InChI is InChI=1S/C17H22ClN5/c1-13-20-16(19-12-14-3-5-15(18)6-4-14)11-17(21-13)23-9-7-22(2)8-10-23/h3-6,11H,7-10,12H2,1-2H3,(H,19,20,21). The summed E-state index contributed by atoms with van der Waals surface area (Å²) in [7, 11) is 2.15. The summed E-state index contributed by atoms with van der Waals surface area (Å²) in [5, 5.41) is 4.13. The lowest BCUT2D eigenvalue weighted by molar-refractivity contribution is 0.312. The summed E-state index contributed by atoms with van der Waals surface area (Å²) >= 11 is 5.92. The minimum Gasteiger partial charge on any atom is -0.366 e. The van der Waals surface area contributed by atoms with E-state index in [0.29, 0.717) is 0 Å². The highest BCUT2D eigenvalue weighted by Gasteiger charge is 2.16. The Labute approximate surface area is 142 Å². The van der Waals surface area contributed by atoms with Crippen LogP contribution in [0.5, 0.6) is 0 Å². The Morgan fingerprint density at radius 1 is 1.09 bits per heavy atom. The van der Waals surface area contributed by atoms with Crippen LogP contribution in [0.15, 0.2) is 30.3 Å². The molecule has 2 aromatic rings. The predicted octanol–water partition coefficient (Wildman–Crippen LogP) is 2.80. The zero-order valence-corrected chi connectivity index (χ0v) is 14.3. The monoisotopic (exact) mass is 331 g/mol. The quantitative estimate of drug-likeness (QED) is 0.933. The van der Waals surface area contributed by atoms with E-state index in [4.69, 9.17) is 11.6 Å². The Kier molecular flexibility index (Phi) is 4.98. The van der Waals surface area contributed by atoms with Crippen molar-refractivity contribution in [2.24, 2.45) is 0 Å². The topological polar surface area (TPSA) is 44.3 Å². The van der Waals surface area contributed by atoms with Crippen LogP contribution >= 0.6 is 11.6 Å². The maximum atomic E-state index is 5.92. The van der Waals surface area contributed by atoms with Gasteiger partial charge in [0.25, 0.3) is 0 Å². The molecule has 3 rings (SSSR count). The van der Waals surface area contributed by atoms with Gasteiger partial charge < -0.3 is 15.1 Å². The molecule has 0 spiro atoms. The summed E-state index contributed by atoms with van der Waals surface area (Å²) in [5.74, 6) is 2.66. The number of nitrogens with one attached hydrogen (secondary N) is 1. The van der Waals surface area contributed by atoms with Crippen LogP contribution in [0.2, 0.25) is 5.02 Å². The average Bonchev–Trinajstić information content (AvgIpc) is 2.54. The van der Waals surface area contributed by atoms with Crippen molar-refractivity contribution in [3.05, 3.63) is 46.7 Å². The average molecular weight is 332 g/mol. The summed E-state index contributed by atoms with van der Waals surface area (Å²) in [6, 6.07) is 9.88. The van der Waals surface area contributed by atoms with Gasteiger partial charge in [0.15, 0.2) is 0 Å². The molecule has 5 nitrogen and oxygen atoms in total. The van der Waals surface area contributed by atoms with Crippen molar-refractivity contribution in [3.8, 4) is 0 Å². The zero-order valence-electron chi connectivity index (χ0n) is 13.6. The molecule has 1 aromatic heterocycles. The largest absolute Gasteiger partial charge is 0.366 e. The number of rotatable bonds is 4. The zero-order chi connectivity index (χ0) is 16.2. The van der Waals surface area contributed by atoms with E-state index < -0.39 is 0 Å². The summed E-state index contributed by atoms with van der Waals surface area (Å²) < 4.78 is 0. The highest BCUT2D eigenvalue weighted by atomic mass is 35.5. The molecule has 23 heavy (non-hydrogen) atoms. The first kappa shape index (κ1) is 16.0. The number of aromatic nitrogens is 2. The fourth-order valence-electron chi connectivity index (χ4n) is 2.63. The van der Waals surface area contributed by atoms with Gasteiger partial charge in [-0.1, -0.05) is 23.7 Å². The van der Waals surface area contributed by atoms with Crippen LogP contribution in [-0.4, -0.2) is 48.1 Å². The lowest BCUT2D eigenvalue weighted by atomic mass is 10.2. The molecule has 0 saturated carbocycles. The molecule has 6 heteroatoms. The van der Waals surface area contributed by atoms with Crippen LogP contribution in [-0.2, 0) is 6.54 Å². The predicted molar refractivity (Wildman–Crippen MR) is 95.3 cm³/mol. The molecule has 1 N–H and O–H groups in total. The van der Waals surface area contributed by atoms with Crippen molar-refractivity contribution in [1.29, 1.82) is 0 Å². The van der Waals surface area contributed by atoms with Crippen molar-refractivity contribution >= 4 is 23.2 Å². The van der Waals surface area contributed by atoms with Gasteiger partial charge in [-0.05, 0) is 31.7 Å². The highest BCUT2D eigenvalue weighted by molar-refractivity contribution is 6.30. The molecule has 1 fully saturated rings. The molecular formula is C17H22ClN5. The third kappa shape index (κ3) is 4.33. The number of piperazine rings is 1. The van der Waals surface area contributed by atoms with E-state index in [1.165, 1.54) is 5.56 Å². The lowest BCUT2D eigenvalue weighted by Crippen LogP contribution is -2.44. The van der Waals surface area contributed by atoms with Crippen LogP contribution in [0.1, 0.15) is 11.4 Å². The maximum Gasteiger partial charge on any atom is 0.134 e. The molecule has 0 bridgehead atoms. The third-order valence-electron chi connectivity index (χ3n) is 4.04. The highest BCUT2D eigenvalue weighted by Crippen LogP contribution is 2.18. The molecule has 1 aromatic carbocycles. The van der Waals surface area contributed by atoms with Gasteiger partial charge in [-0.15, -0.1) is 0 Å². The van der Waals surface area contributed by atoms with Gasteiger partial charge in [-0.25, -0.2) is 9.97 Å². The summed E-state index contributed by atoms with van der Waals surface area (Å²) in [5.41, 5.74) is 1.17. The molecule has 0 amide bonds. The Morgan fingerprint density at radius 3 is 2.48 bits per heavy atom. The number of hydrogen-bond acceptors (Lipinski definition) is 5. The van der Waals surface area contributed by atoms with Gasteiger partial charge in [0, 0.05) is 43.8 Å². The fourth-order valence-corrected chi connectivity index (χ4v) is 2.76. The summed E-state index contributed by atoms with van der Waals surface area (Å²) in [4.78, 5) is 13.7. The van der Waals surface area contributed by atoms with E-state index >= 15 is 0 Å². The lowest BCUT2D eigenvalue weighted by Gasteiger charge is -2.33. The van der Waals surface area contributed by atoms with Gasteiger partial charge in [0.2, 0.25) is 0 Å². The smallest absolute Gasteiger partial charge is 0.134 e. The first-order valence-electron chi connectivity index (χ1n) is 7.87. The second kappa shape index (κ2) is 7.15. The second-order valence-corrected chi connectivity index (χ2v) is 6.37. The van der Waals surface area contributed by atoms with Crippen molar-refractivity contribution in [2.45, 2.75) is 13.5 Å². The Hall–Kier alpha value is -1.85.